The van der Waals surface area contributed by atoms with Gasteiger partial charge in [-0.1, -0.05) is 29.4 Å². The van der Waals surface area contributed by atoms with E-state index < -0.39 is 0 Å². The average Bonchev–Trinajstić information content (AvgIpc) is 2.53. The standard InChI is InChI=1S/C16H16FN3S/c1-21-15-8-4-13(5-9-15)16(10-11-19-20-18)12-2-6-14(17)7-3-12/h2-9,16H,10-11H2,1H3/t16-/m1/s1. The molecular formula is C16H16FN3S. The van der Waals surface area contributed by atoms with Gasteiger partial charge in [-0.25, -0.2) is 4.39 Å². The molecule has 108 valence electrons. The van der Waals surface area contributed by atoms with Crippen molar-refractivity contribution < 1.29 is 4.39 Å². The van der Waals surface area contributed by atoms with Gasteiger partial charge in [0.25, 0.3) is 0 Å². The van der Waals surface area contributed by atoms with E-state index in [1.807, 2.05) is 6.26 Å². The topological polar surface area (TPSA) is 48.8 Å². The van der Waals surface area contributed by atoms with Crippen LogP contribution in [0.2, 0.25) is 0 Å². The Morgan fingerprint density at radius 1 is 1.10 bits per heavy atom. The van der Waals surface area contributed by atoms with Gasteiger partial charge >= 0.3 is 0 Å². The minimum atomic E-state index is -0.245. The van der Waals surface area contributed by atoms with Crippen molar-refractivity contribution in [1.82, 2.24) is 0 Å². The first-order valence-corrected chi connectivity index (χ1v) is 7.87. The van der Waals surface area contributed by atoms with Gasteiger partial charge in [-0.2, -0.15) is 0 Å². The van der Waals surface area contributed by atoms with E-state index in [1.54, 1.807) is 23.9 Å². The van der Waals surface area contributed by atoms with E-state index in [-0.39, 0.29) is 11.7 Å². The molecule has 3 nitrogen and oxygen atoms in total. The summed E-state index contributed by atoms with van der Waals surface area (Å²) in [5, 5.41) is 3.62. The maximum atomic E-state index is 13.1. The van der Waals surface area contributed by atoms with Crippen LogP contribution >= 0.6 is 11.8 Å². The Bertz CT molecular complexity index is 619. The summed E-state index contributed by atoms with van der Waals surface area (Å²) in [5.74, 6) is -0.141. The zero-order valence-corrected chi connectivity index (χ0v) is 12.6. The number of azide groups is 1. The summed E-state index contributed by atoms with van der Waals surface area (Å²) in [6, 6.07) is 14.8. The molecule has 2 rings (SSSR count). The van der Waals surface area contributed by atoms with Gasteiger partial charge in [0, 0.05) is 22.3 Å². The van der Waals surface area contributed by atoms with E-state index in [9.17, 15) is 4.39 Å². The number of hydrogen-bond donors (Lipinski definition) is 0. The molecule has 0 heterocycles. The highest BCUT2D eigenvalue weighted by molar-refractivity contribution is 7.98. The molecule has 1 atom stereocenters. The Kier molecular flexibility index (Phi) is 5.67. The molecule has 2 aromatic rings. The van der Waals surface area contributed by atoms with Crippen LogP contribution in [0.25, 0.3) is 10.4 Å². The maximum absolute atomic E-state index is 13.1. The second kappa shape index (κ2) is 7.72. The molecule has 0 bridgehead atoms. The number of benzene rings is 2. The lowest BCUT2D eigenvalue weighted by Crippen LogP contribution is -2.03. The normalized spacial score (nSPS) is 11.7. The first-order chi connectivity index (χ1) is 10.2. The summed E-state index contributed by atoms with van der Waals surface area (Å²) in [5.41, 5.74) is 10.6. The largest absolute Gasteiger partial charge is 0.207 e. The number of nitrogens with zero attached hydrogens (tertiary/aromatic N) is 3. The molecule has 0 saturated carbocycles. The Hall–Kier alpha value is -1.97. The number of halogens is 1. The third-order valence-corrected chi connectivity index (χ3v) is 4.12. The van der Waals surface area contributed by atoms with Crippen LogP contribution in [0.1, 0.15) is 23.5 Å². The van der Waals surface area contributed by atoms with Crippen molar-refractivity contribution in [2.24, 2.45) is 5.11 Å². The fourth-order valence-electron chi connectivity index (χ4n) is 2.29. The molecule has 0 aliphatic rings. The van der Waals surface area contributed by atoms with E-state index >= 15 is 0 Å². The van der Waals surface area contributed by atoms with E-state index in [1.165, 1.54) is 17.0 Å². The second-order valence-corrected chi connectivity index (χ2v) is 5.50. The molecule has 0 saturated heterocycles. The van der Waals surface area contributed by atoms with Crippen molar-refractivity contribution in [2.45, 2.75) is 17.2 Å². The highest BCUT2D eigenvalue weighted by atomic mass is 32.2. The first kappa shape index (κ1) is 15.4. The van der Waals surface area contributed by atoms with Gasteiger partial charge in [0.2, 0.25) is 0 Å². The summed E-state index contributed by atoms with van der Waals surface area (Å²) in [4.78, 5) is 4.00. The molecule has 0 aliphatic carbocycles. The summed E-state index contributed by atoms with van der Waals surface area (Å²) in [7, 11) is 0. The van der Waals surface area contributed by atoms with Crippen LogP contribution in [0.4, 0.5) is 4.39 Å². The highest BCUT2D eigenvalue weighted by Crippen LogP contribution is 2.29. The minimum Gasteiger partial charge on any atom is -0.207 e. The predicted octanol–water partition coefficient (Wildman–Crippen LogP) is 5.38. The van der Waals surface area contributed by atoms with Crippen LogP contribution in [-0.4, -0.2) is 12.8 Å². The van der Waals surface area contributed by atoms with Gasteiger partial charge in [-0.3, -0.25) is 0 Å². The van der Waals surface area contributed by atoms with Crippen molar-refractivity contribution in [3.8, 4) is 0 Å². The molecule has 21 heavy (non-hydrogen) atoms. The van der Waals surface area contributed by atoms with Gasteiger partial charge in [0.1, 0.15) is 5.82 Å². The van der Waals surface area contributed by atoms with E-state index in [4.69, 9.17) is 5.53 Å². The van der Waals surface area contributed by atoms with Gasteiger partial charge in [-0.05, 0) is 53.6 Å². The van der Waals surface area contributed by atoms with Crippen molar-refractivity contribution in [3.05, 3.63) is 75.9 Å². The smallest absolute Gasteiger partial charge is 0.123 e. The van der Waals surface area contributed by atoms with Crippen LogP contribution in [0, 0.1) is 5.82 Å². The monoisotopic (exact) mass is 301 g/mol. The zero-order valence-electron chi connectivity index (χ0n) is 11.7. The molecule has 0 amide bonds. The Morgan fingerprint density at radius 2 is 1.67 bits per heavy atom. The third kappa shape index (κ3) is 4.25. The fraction of sp³-hybridized carbons (Fsp3) is 0.250. The lowest BCUT2D eigenvalue weighted by atomic mass is 9.88. The van der Waals surface area contributed by atoms with Crippen molar-refractivity contribution in [3.63, 3.8) is 0 Å². The van der Waals surface area contributed by atoms with Crippen molar-refractivity contribution in [2.75, 3.05) is 12.8 Å². The Balaban J connectivity index is 2.29. The van der Waals surface area contributed by atoms with Crippen LogP contribution in [0.3, 0.4) is 0 Å². The van der Waals surface area contributed by atoms with Crippen molar-refractivity contribution in [1.29, 1.82) is 0 Å². The van der Waals surface area contributed by atoms with Gasteiger partial charge in [0.15, 0.2) is 0 Å². The second-order valence-electron chi connectivity index (χ2n) is 4.62. The molecule has 0 aromatic heterocycles. The quantitative estimate of drug-likeness (QED) is 0.306. The summed E-state index contributed by atoms with van der Waals surface area (Å²) in [6.45, 7) is 0.419. The van der Waals surface area contributed by atoms with E-state index in [0.29, 0.717) is 13.0 Å². The van der Waals surface area contributed by atoms with Gasteiger partial charge in [0.05, 0.1) is 0 Å². The molecule has 0 aliphatic heterocycles. The van der Waals surface area contributed by atoms with Crippen molar-refractivity contribution >= 4 is 11.8 Å². The lowest BCUT2D eigenvalue weighted by molar-refractivity contribution is 0.625. The molecule has 0 N–H and O–H groups in total. The molecule has 5 heteroatoms. The predicted molar refractivity (Wildman–Crippen MR) is 85.1 cm³/mol. The maximum Gasteiger partial charge on any atom is 0.123 e. The molecule has 0 unspecified atom stereocenters. The first-order valence-electron chi connectivity index (χ1n) is 6.65. The molecule has 0 fully saturated rings. The molecule has 0 radical (unpaired) electrons. The average molecular weight is 301 g/mol. The highest BCUT2D eigenvalue weighted by Gasteiger charge is 2.13. The van der Waals surface area contributed by atoms with Crippen LogP contribution in [-0.2, 0) is 0 Å². The number of rotatable bonds is 6. The SMILES string of the molecule is CSc1ccc([C@H](CCN=[N+]=[N-])c2ccc(F)cc2)cc1. The molecular weight excluding hydrogens is 285 g/mol. The lowest BCUT2D eigenvalue weighted by Gasteiger charge is -2.17. The van der Waals surface area contributed by atoms with E-state index in [0.717, 1.165) is 11.1 Å². The summed E-state index contributed by atoms with van der Waals surface area (Å²) >= 11 is 1.69. The molecule has 2 aromatic carbocycles. The van der Waals surface area contributed by atoms with Gasteiger partial charge < -0.3 is 0 Å². The Labute approximate surface area is 127 Å². The molecule has 0 spiro atoms. The number of thioether (sulfide) groups is 1. The van der Waals surface area contributed by atoms with Crippen LogP contribution < -0.4 is 0 Å². The number of hydrogen-bond acceptors (Lipinski definition) is 2. The third-order valence-electron chi connectivity index (χ3n) is 3.37. The minimum absolute atomic E-state index is 0.104. The van der Waals surface area contributed by atoms with Crippen LogP contribution in [0.5, 0.6) is 0 Å². The van der Waals surface area contributed by atoms with Gasteiger partial charge in [-0.15, -0.1) is 11.8 Å². The summed E-state index contributed by atoms with van der Waals surface area (Å²) in [6.07, 6.45) is 2.74. The zero-order chi connectivity index (χ0) is 15.1. The fourth-order valence-corrected chi connectivity index (χ4v) is 2.70. The Morgan fingerprint density at radius 3 is 2.19 bits per heavy atom. The summed E-state index contributed by atoms with van der Waals surface area (Å²) < 4.78 is 13.1. The van der Waals surface area contributed by atoms with Crippen LogP contribution in [0.15, 0.2) is 58.5 Å². The van der Waals surface area contributed by atoms with E-state index in [2.05, 4.69) is 34.3 Å².